The number of benzene rings is 3. The Morgan fingerprint density at radius 2 is 1.69 bits per heavy atom. The van der Waals surface area contributed by atoms with Gasteiger partial charge in [0.05, 0.1) is 4.90 Å². The predicted octanol–water partition coefficient (Wildman–Crippen LogP) is 4.20. The van der Waals surface area contributed by atoms with E-state index >= 15 is 0 Å². The molecule has 4 aromatic rings. The van der Waals surface area contributed by atoms with Crippen LogP contribution in [0.25, 0.3) is 11.0 Å². The van der Waals surface area contributed by atoms with Gasteiger partial charge in [-0.25, -0.2) is 0 Å². The van der Waals surface area contributed by atoms with Crippen LogP contribution in [-0.2, 0) is 10.0 Å². The molecule has 0 aliphatic rings. The molecule has 0 aliphatic heterocycles. The summed E-state index contributed by atoms with van der Waals surface area (Å²) in [5, 5.41) is 7.43. The van der Waals surface area contributed by atoms with Crippen LogP contribution in [0.15, 0.2) is 104 Å². The minimum atomic E-state index is -3.93. The lowest BCUT2D eigenvalue weighted by Crippen LogP contribution is -2.27. The second-order valence-electron chi connectivity index (χ2n) is 6.71. The second kappa shape index (κ2) is 9.29. The molecule has 1 heterocycles. The number of hydrogen-bond acceptors (Lipinski definition) is 6. The molecule has 0 radical (unpaired) electrons. The average Bonchev–Trinajstić information content (AvgIpc) is 2.83. The fourth-order valence-corrected chi connectivity index (χ4v) is 4.25. The van der Waals surface area contributed by atoms with Gasteiger partial charge in [0.25, 0.3) is 15.9 Å². The summed E-state index contributed by atoms with van der Waals surface area (Å²) in [6, 6.07) is 23.9. The van der Waals surface area contributed by atoms with Crippen LogP contribution in [0.3, 0.4) is 0 Å². The fourth-order valence-electron chi connectivity index (χ4n) is 2.97. The molecule has 32 heavy (non-hydrogen) atoms. The van der Waals surface area contributed by atoms with E-state index in [0.717, 1.165) is 4.90 Å². The molecule has 2 N–H and O–H groups in total. The summed E-state index contributed by atoms with van der Waals surface area (Å²) in [6.07, 6.45) is 1.94. The maximum atomic E-state index is 13.1. The van der Waals surface area contributed by atoms with Gasteiger partial charge >= 0.3 is 0 Å². The molecule has 0 unspecified atom stereocenters. The Kier molecular flexibility index (Phi) is 6.29. The molecule has 0 saturated carbocycles. The van der Waals surface area contributed by atoms with Crippen LogP contribution in [0.2, 0.25) is 0 Å². The van der Waals surface area contributed by atoms with Crippen molar-refractivity contribution in [2.45, 2.75) is 9.79 Å². The molecule has 9 heteroatoms. The molecule has 0 atom stereocenters. The van der Waals surface area contributed by atoms with Crippen molar-refractivity contribution in [3.05, 3.63) is 96.0 Å². The summed E-state index contributed by atoms with van der Waals surface area (Å²) in [5.41, 5.74) is 1.01. The van der Waals surface area contributed by atoms with Crippen molar-refractivity contribution in [3.63, 3.8) is 0 Å². The van der Waals surface area contributed by atoms with Crippen molar-refractivity contribution >= 4 is 44.3 Å². The topological polar surface area (TPSA) is 101 Å². The molecule has 0 spiro atoms. The molecule has 0 bridgehead atoms. The molecular weight excluding hydrogens is 446 g/mol. The summed E-state index contributed by atoms with van der Waals surface area (Å²) < 4.78 is 30.9. The van der Waals surface area contributed by atoms with E-state index in [1.807, 2.05) is 30.5 Å². The summed E-state index contributed by atoms with van der Waals surface area (Å²) in [6.45, 7) is 0. The smallest absolute Gasteiger partial charge is 0.276 e. The van der Waals surface area contributed by atoms with Gasteiger partial charge in [0.2, 0.25) is 5.55 Å². The lowest BCUT2D eigenvalue weighted by atomic mass is 10.1. The molecular formula is C23H19N3O4S2. The summed E-state index contributed by atoms with van der Waals surface area (Å²) >= 11 is 1.55. The maximum Gasteiger partial charge on any atom is 0.276 e. The van der Waals surface area contributed by atoms with E-state index in [4.69, 9.17) is 4.42 Å². The predicted molar refractivity (Wildman–Crippen MR) is 125 cm³/mol. The minimum absolute atomic E-state index is 0.0458. The Morgan fingerprint density at radius 3 is 2.47 bits per heavy atom. The highest BCUT2D eigenvalue weighted by Gasteiger charge is 2.16. The monoisotopic (exact) mass is 465 g/mol. The van der Waals surface area contributed by atoms with Crippen LogP contribution in [0.1, 0.15) is 10.4 Å². The van der Waals surface area contributed by atoms with Crippen molar-refractivity contribution in [1.82, 2.24) is 4.83 Å². The number of fused-ring (bicyclic) bond motifs is 1. The van der Waals surface area contributed by atoms with Crippen molar-refractivity contribution in [2.75, 3.05) is 11.6 Å². The number of rotatable bonds is 6. The van der Waals surface area contributed by atoms with Crippen LogP contribution >= 0.6 is 11.8 Å². The molecule has 1 amide bonds. The number of anilines is 1. The highest BCUT2D eigenvalue weighted by molar-refractivity contribution is 7.98. The standard InChI is InChI=1S/C23H19N3O4S2/c1-31-18-10-7-9-17(15-18)24-22(27)20-14-16-8-5-6-13-21(16)30-23(20)25-26-32(28,29)19-11-3-2-4-12-19/h2-15,26H,1H3,(H,24,27)/b25-23-. The van der Waals surface area contributed by atoms with Gasteiger partial charge in [-0.05, 0) is 48.7 Å². The molecule has 3 aromatic carbocycles. The van der Waals surface area contributed by atoms with Gasteiger partial charge in [-0.3, -0.25) is 4.79 Å². The third-order valence-electron chi connectivity index (χ3n) is 4.55. The number of hydrogen-bond donors (Lipinski definition) is 2. The minimum Gasteiger partial charge on any atom is -0.436 e. The first kappa shape index (κ1) is 21.7. The van der Waals surface area contributed by atoms with Gasteiger partial charge in [-0.2, -0.15) is 13.2 Å². The van der Waals surface area contributed by atoms with E-state index in [1.165, 1.54) is 12.1 Å². The van der Waals surface area contributed by atoms with Crippen molar-refractivity contribution in [3.8, 4) is 0 Å². The molecule has 0 fully saturated rings. The van der Waals surface area contributed by atoms with Crippen LogP contribution < -0.4 is 15.7 Å². The Morgan fingerprint density at radius 1 is 0.938 bits per heavy atom. The Balaban J connectivity index is 1.75. The zero-order chi connectivity index (χ0) is 22.6. The van der Waals surface area contributed by atoms with Crippen molar-refractivity contribution < 1.29 is 17.6 Å². The number of nitrogens with one attached hydrogen (secondary N) is 2. The molecule has 4 rings (SSSR count). The maximum absolute atomic E-state index is 13.1. The van der Waals surface area contributed by atoms with Crippen LogP contribution in [0, 0.1) is 0 Å². The summed E-state index contributed by atoms with van der Waals surface area (Å²) in [4.78, 5) is 16.2. The molecule has 7 nitrogen and oxygen atoms in total. The van der Waals surface area contributed by atoms with Crippen LogP contribution in [-0.4, -0.2) is 20.6 Å². The fraction of sp³-hybridized carbons (Fsp3) is 0.0435. The van der Waals surface area contributed by atoms with E-state index in [1.54, 1.807) is 60.3 Å². The zero-order valence-electron chi connectivity index (χ0n) is 17.0. The molecule has 0 saturated heterocycles. The van der Waals surface area contributed by atoms with Crippen molar-refractivity contribution in [1.29, 1.82) is 0 Å². The third-order valence-corrected chi connectivity index (χ3v) is 6.50. The second-order valence-corrected chi connectivity index (χ2v) is 9.25. The van der Waals surface area contributed by atoms with E-state index in [-0.39, 0.29) is 16.0 Å². The number of carbonyl (C=O) groups is 1. The van der Waals surface area contributed by atoms with Gasteiger partial charge in [0, 0.05) is 16.0 Å². The van der Waals surface area contributed by atoms with Crippen LogP contribution in [0.4, 0.5) is 5.69 Å². The summed E-state index contributed by atoms with van der Waals surface area (Å²) in [5.74, 6) is -0.476. The Hall–Kier alpha value is -3.56. The van der Waals surface area contributed by atoms with Gasteiger partial charge in [-0.15, -0.1) is 16.9 Å². The highest BCUT2D eigenvalue weighted by atomic mass is 32.2. The Bertz CT molecular complexity index is 1450. The Labute approximate surface area is 189 Å². The lowest BCUT2D eigenvalue weighted by Gasteiger charge is -2.08. The van der Waals surface area contributed by atoms with Crippen molar-refractivity contribution in [2.24, 2.45) is 5.10 Å². The number of amides is 1. The quantitative estimate of drug-likeness (QED) is 0.328. The van der Waals surface area contributed by atoms with Gasteiger partial charge < -0.3 is 9.73 Å². The van der Waals surface area contributed by atoms with E-state index < -0.39 is 15.9 Å². The number of sulfonamides is 1. The molecule has 162 valence electrons. The van der Waals surface area contributed by atoms with E-state index in [2.05, 4.69) is 15.2 Å². The first-order valence-corrected chi connectivity index (χ1v) is 12.3. The van der Waals surface area contributed by atoms with E-state index in [0.29, 0.717) is 16.7 Å². The number of thioether (sulfide) groups is 1. The first-order chi connectivity index (χ1) is 15.5. The lowest BCUT2D eigenvalue weighted by molar-refractivity contribution is 0.102. The third kappa shape index (κ3) is 4.84. The van der Waals surface area contributed by atoms with Gasteiger partial charge in [0.1, 0.15) is 11.1 Å². The molecule has 0 aliphatic carbocycles. The number of carbonyl (C=O) groups excluding carboxylic acids is 1. The molecule has 1 aromatic heterocycles. The first-order valence-electron chi connectivity index (χ1n) is 9.55. The van der Waals surface area contributed by atoms with Gasteiger partial charge in [0.15, 0.2) is 0 Å². The van der Waals surface area contributed by atoms with Gasteiger partial charge in [-0.1, -0.05) is 42.5 Å². The zero-order valence-corrected chi connectivity index (χ0v) is 18.6. The normalized spacial score (nSPS) is 12.0. The highest BCUT2D eigenvalue weighted by Crippen LogP contribution is 2.20. The van der Waals surface area contributed by atoms with E-state index in [9.17, 15) is 13.2 Å². The summed E-state index contributed by atoms with van der Waals surface area (Å²) in [7, 11) is -3.93. The largest absolute Gasteiger partial charge is 0.436 e. The number of para-hydroxylation sites is 1. The average molecular weight is 466 g/mol. The van der Waals surface area contributed by atoms with Crippen LogP contribution in [0.5, 0.6) is 0 Å². The SMILES string of the molecule is CSc1cccc(NC(=O)c2cc3ccccc3o/c2=N\NS(=O)(=O)c2ccccc2)c1. The number of nitrogens with zero attached hydrogens (tertiary/aromatic N) is 1.